The van der Waals surface area contributed by atoms with Gasteiger partial charge in [-0.15, -0.1) is 0 Å². The third-order valence-electron chi connectivity index (χ3n) is 4.63. The fourth-order valence-electron chi connectivity index (χ4n) is 3.23. The van der Waals surface area contributed by atoms with Gasteiger partial charge in [-0.1, -0.05) is 12.1 Å². The summed E-state index contributed by atoms with van der Waals surface area (Å²) in [6, 6.07) is 8.02. The van der Waals surface area contributed by atoms with Crippen LogP contribution in [0.25, 0.3) is 11.1 Å². The highest BCUT2D eigenvalue weighted by Crippen LogP contribution is 2.16. The molecule has 1 aromatic heterocycles. The maximum absolute atomic E-state index is 12.1. The predicted octanol–water partition coefficient (Wildman–Crippen LogP) is 2.87. The zero-order valence-corrected chi connectivity index (χ0v) is 14.0. The van der Waals surface area contributed by atoms with E-state index in [9.17, 15) is 4.79 Å². The van der Waals surface area contributed by atoms with Gasteiger partial charge < -0.3 is 9.15 Å². The monoisotopic (exact) mass is 318 g/mol. The number of oxazole rings is 1. The summed E-state index contributed by atoms with van der Waals surface area (Å²) in [6.45, 7) is 7.66. The molecule has 126 valence electrons. The Labute approximate surface area is 136 Å². The van der Waals surface area contributed by atoms with Crippen molar-refractivity contribution >= 4 is 11.1 Å². The number of ether oxygens (including phenoxy) is 1. The molecule has 0 amide bonds. The van der Waals surface area contributed by atoms with E-state index in [2.05, 4.69) is 18.7 Å². The third kappa shape index (κ3) is 3.85. The largest absolute Gasteiger partial charge is 0.419 e. The van der Waals surface area contributed by atoms with Crippen molar-refractivity contribution in [1.29, 1.82) is 0 Å². The highest BCUT2D eigenvalue weighted by atomic mass is 16.5. The smallest absolute Gasteiger partial charge is 0.408 e. The summed E-state index contributed by atoms with van der Waals surface area (Å²) in [7, 11) is 0. The van der Waals surface area contributed by atoms with Crippen LogP contribution in [0.15, 0.2) is 33.5 Å². The summed E-state index contributed by atoms with van der Waals surface area (Å²) >= 11 is 0. The SMILES string of the molecule is CC(C)N(CCn1c(=O)oc2ccccc21)C[C@@H]1CCCCO1. The van der Waals surface area contributed by atoms with Gasteiger partial charge in [0.25, 0.3) is 0 Å². The second kappa shape index (κ2) is 7.32. The van der Waals surface area contributed by atoms with E-state index in [0.717, 1.165) is 31.6 Å². The quantitative estimate of drug-likeness (QED) is 0.822. The molecule has 1 saturated heterocycles. The minimum Gasteiger partial charge on any atom is -0.408 e. The van der Waals surface area contributed by atoms with E-state index in [-0.39, 0.29) is 5.76 Å². The van der Waals surface area contributed by atoms with Crippen molar-refractivity contribution in [2.75, 3.05) is 19.7 Å². The van der Waals surface area contributed by atoms with Gasteiger partial charge in [-0.3, -0.25) is 9.47 Å². The number of aromatic nitrogens is 1. The zero-order chi connectivity index (χ0) is 16.2. The summed E-state index contributed by atoms with van der Waals surface area (Å²) in [5.41, 5.74) is 1.53. The molecule has 1 aliphatic rings. The molecule has 1 fully saturated rings. The van der Waals surface area contributed by atoms with Gasteiger partial charge in [0, 0.05) is 32.3 Å². The van der Waals surface area contributed by atoms with Crippen LogP contribution in [0.4, 0.5) is 0 Å². The van der Waals surface area contributed by atoms with E-state index in [1.165, 1.54) is 12.8 Å². The minimum atomic E-state index is -0.274. The summed E-state index contributed by atoms with van der Waals surface area (Å²) in [4.78, 5) is 14.5. The number of nitrogens with zero attached hydrogens (tertiary/aromatic N) is 2. The van der Waals surface area contributed by atoms with Crippen LogP contribution in [0, 0.1) is 0 Å². The summed E-state index contributed by atoms with van der Waals surface area (Å²) in [5, 5.41) is 0. The van der Waals surface area contributed by atoms with Crippen molar-refractivity contribution in [1.82, 2.24) is 9.47 Å². The normalized spacial score (nSPS) is 19.0. The van der Waals surface area contributed by atoms with E-state index in [0.29, 0.717) is 24.3 Å². The van der Waals surface area contributed by atoms with Crippen molar-refractivity contribution in [3.05, 3.63) is 34.8 Å². The zero-order valence-electron chi connectivity index (χ0n) is 14.0. The molecule has 3 rings (SSSR count). The van der Waals surface area contributed by atoms with Crippen LogP contribution in [0.3, 0.4) is 0 Å². The maximum atomic E-state index is 12.1. The average Bonchev–Trinajstić information content (AvgIpc) is 2.87. The lowest BCUT2D eigenvalue weighted by Crippen LogP contribution is -2.42. The van der Waals surface area contributed by atoms with Gasteiger partial charge in [0.1, 0.15) is 0 Å². The Morgan fingerprint density at radius 1 is 1.30 bits per heavy atom. The van der Waals surface area contributed by atoms with E-state index in [1.54, 1.807) is 4.57 Å². The predicted molar refractivity (Wildman–Crippen MR) is 90.8 cm³/mol. The molecule has 0 unspecified atom stereocenters. The number of fused-ring (bicyclic) bond motifs is 1. The summed E-state index contributed by atoms with van der Waals surface area (Å²) in [6.07, 6.45) is 3.89. The second-order valence-corrected chi connectivity index (χ2v) is 6.56. The van der Waals surface area contributed by atoms with Crippen molar-refractivity contribution in [3.63, 3.8) is 0 Å². The van der Waals surface area contributed by atoms with Crippen molar-refractivity contribution in [2.45, 2.75) is 51.8 Å². The standard InChI is InChI=1S/C18H26N2O3/c1-14(2)19(13-15-7-5-6-12-22-15)10-11-20-16-8-3-4-9-17(16)23-18(20)21/h3-4,8-9,14-15H,5-7,10-13H2,1-2H3/t15-/m0/s1. The van der Waals surface area contributed by atoms with E-state index in [4.69, 9.17) is 9.15 Å². The van der Waals surface area contributed by atoms with Gasteiger partial charge in [-0.2, -0.15) is 0 Å². The van der Waals surface area contributed by atoms with Gasteiger partial charge >= 0.3 is 5.76 Å². The molecule has 0 saturated carbocycles. The Morgan fingerprint density at radius 2 is 2.13 bits per heavy atom. The lowest BCUT2D eigenvalue weighted by Gasteiger charge is -2.32. The molecule has 0 spiro atoms. The molecule has 1 aromatic carbocycles. The van der Waals surface area contributed by atoms with Gasteiger partial charge in [0.05, 0.1) is 11.6 Å². The van der Waals surface area contributed by atoms with E-state index in [1.807, 2.05) is 24.3 Å². The molecule has 0 radical (unpaired) electrons. The third-order valence-corrected chi connectivity index (χ3v) is 4.63. The van der Waals surface area contributed by atoms with Gasteiger partial charge in [-0.05, 0) is 45.2 Å². The van der Waals surface area contributed by atoms with Crippen LogP contribution >= 0.6 is 0 Å². The number of rotatable bonds is 6. The molecule has 2 heterocycles. The first-order valence-corrected chi connectivity index (χ1v) is 8.59. The molecule has 2 aromatic rings. The first-order chi connectivity index (χ1) is 11.1. The summed E-state index contributed by atoms with van der Waals surface area (Å²) < 4.78 is 12.9. The van der Waals surface area contributed by atoms with Gasteiger partial charge in [0.2, 0.25) is 0 Å². The molecule has 0 aliphatic carbocycles. The molecule has 0 N–H and O–H groups in total. The van der Waals surface area contributed by atoms with Crippen molar-refractivity contribution < 1.29 is 9.15 Å². The number of hydrogen-bond donors (Lipinski definition) is 0. The van der Waals surface area contributed by atoms with E-state index >= 15 is 0 Å². The van der Waals surface area contributed by atoms with Crippen LogP contribution in [-0.4, -0.2) is 41.3 Å². The maximum Gasteiger partial charge on any atom is 0.419 e. The first-order valence-electron chi connectivity index (χ1n) is 8.59. The molecule has 1 atom stereocenters. The minimum absolute atomic E-state index is 0.274. The molecular weight excluding hydrogens is 292 g/mol. The van der Waals surface area contributed by atoms with Crippen LogP contribution in [0.2, 0.25) is 0 Å². The topological polar surface area (TPSA) is 47.6 Å². The molecular formula is C18H26N2O3. The summed E-state index contributed by atoms with van der Waals surface area (Å²) in [5.74, 6) is -0.274. The van der Waals surface area contributed by atoms with Crippen molar-refractivity contribution in [2.24, 2.45) is 0 Å². The molecule has 1 aliphatic heterocycles. The Morgan fingerprint density at radius 3 is 2.87 bits per heavy atom. The molecule has 5 nitrogen and oxygen atoms in total. The number of para-hydroxylation sites is 2. The second-order valence-electron chi connectivity index (χ2n) is 6.56. The Hall–Kier alpha value is -1.59. The van der Waals surface area contributed by atoms with Gasteiger partial charge in [-0.25, -0.2) is 4.79 Å². The first kappa shape index (κ1) is 16.3. The van der Waals surface area contributed by atoms with Crippen LogP contribution in [0.1, 0.15) is 33.1 Å². The van der Waals surface area contributed by atoms with Crippen molar-refractivity contribution in [3.8, 4) is 0 Å². The van der Waals surface area contributed by atoms with Crippen LogP contribution in [0.5, 0.6) is 0 Å². The number of benzene rings is 1. The molecule has 5 heteroatoms. The lowest BCUT2D eigenvalue weighted by atomic mass is 10.1. The highest BCUT2D eigenvalue weighted by molar-refractivity contribution is 5.72. The van der Waals surface area contributed by atoms with E-state index < -0.39 is 0 Å². The highest BCUT2D eigenvalue weighted by Gasteiger charge is 2.20. The average molecular weight is 318 g/mol. The Bertz CT molecular complexity index is 683. The fraction of sp³-hybridized carbons (Fsp3) is 0.611. The fourth-order valence-corrected chi connectivity index (χ4v) is 3.23. The Kier molecular flexibility index (Phi) is 5.18. The Balaban J connectivity index is 1.68. The lowest BCUT2D eigenvalue weighted by molar-refractivity contribution is -0.0117. The number of hydrogen-bond acceptors (Lipinski definition) is 4. The van der Waals surface area contributed by atoms with Crippen LogP contribution in [-0.2, 0) is 11.3 Å². The molecule has 23 heavy (non-hydrogen) atoms. The van der Waals surface area contributed by atoms with Crippen LogP contribution < -0.4 is 5.76 Å². The van der Waals surface area contributed by atoms with Gasteiger partial charge in [0.15, 0.2) is 5.58 Å². The molecule has 0 bridgehead atoms.